The number of likely N-dealkylation sites (tertiary alicyclic amines) is 1. The molecular weight excluding hydrogens is 250 g/mol. The van der Waals surface area contributed by atoms with Gasteiger partial charge in [0.25, 0.3) is 0 Å². The highest BCUT2D eigenvalue weighted by atomic mass is 16.5. The number of nitrogens with one attached hydrogen (secondary N) is 1. The van der Waals surface area contributed by atoms with Gasteiger partial charge in [0.15, 0.2) is 5.76 Å². The molecule has 4 nitrogen and oxygen atoms in total. The zero-order valence-electron chi connectivity index (χ0n) is 12.8. The fraction of sp³-hybridized carbons (Fsp3) is 0.812. The summed E-state index contributed by atoms with van der Waals surface area (Å²) in [4.78, 5) is 2.63. The summed E-state index contributed by atoms with van der Waals surface area (Å²) in [5, 5.41) is 7.55. The zero-order chi connectivity index (χ0) is 13.9. The SMILES string of the molecule is CC(C)NCc1cc(CN2CCCC3CCCC32)on1. The Hall–Kier alpha value is -0.870. The highest BCUT2D eigenvalue weighted by Crippen LogP contribution is 2.37. The van der Waals surface area contributed by atoms with E-state index < -0.39 is 0 Å². The fourth-order valence-corrected chi connectivity index (χ4v) is 3.78. The van der Waals surface area contributed by atoms with E-state index in [2.05, 4.69) is 35.3 Å². The summed E-state index contributed by atoms with van der Waals surface area (Å²) in [6, 6.07) is 3.40. The molecule has 112 valence electrons. The van der Waals surface area contributed by atoms with Gasteiger partial charge < -0.3 is 9.84 Å². The molecule has 2 unspecified atom stereocenters. The van der Waals surface area contributed by atoms with Crippen LogP contribution in [0.2, 0.25) is 0 Å². The van der Waals surface area contributed by atoms with Crippen LogP contribution in [-0.4, -0.2) is 28.7 Å². The van der Waals surface area contributed by atoms with Crippen LogP contribution in [0.5, 0.6) is 0 Å². The average Bonchev–Trinajstić information content (AvgIpc) is 3.05. The molecule has 3 rings (SSSR count). The Balaban J connectivity index is 1.57. The second-order valence-electron chi connectivity index (χ2n) is 6.69. The minimum Gasteiger partial charge on any atom is -0.360 e. The topological polar surface area (TPSA) is 41.3 Å². The van der Waals surface area contributed by atoms with Crippen molar-refractivity contribution in [2.24, 2.45) is 5.92 Å². The minimum atomic E-state index is 0.483. The highest BCUT2D eigenvalue weighted by Gasteiger charge is 2.35. The zero-order valence-corrected chi connectivity index (χ0v) is 12.8. The molecule has 0 spiro atoms. The lowest BCUT2D eigenvalue weighted by Crippen LogP contribution is -2.41. The van der Waals surface area contributed by atoms with Gasteiger partial charge in [-0.05, 0) is 38.1 Å². The molecule has 2 heterocycles. The van der Waals surface area contributed by atoms with E-state index in [0.29, 0.717) is 6.04 Å². The van der Waals surface area contributed by atoms with Crippen molar-refractivity contribution in [3.05, 3.63) is 17.5 Å². The number of nitrogens with zero attached hydrogens (tertiary/aromatic N) is 2. The van der Waals surface area contributed by atoms with E-state index in [-0.39, 0.29) is 0 Å². The molecule has 4 heteroatoms. The summed E-state index contributed by atoms with van der Waals surface area (Å²) in [6.45, 7) is 7.26. The first-order chi connectivity index (χ1) is 9.72. The van der Waals surface area contributed by atoms with Crippen molar-refractivity contribution >= 4 is 0 Å². The molecule has 2 fully saturated rings. The lowest BCUT2D eigenvalue weighted by molar-refractivity contribution is 0.0952. The maximum Gasteiger partial charge on any atom is 0.151 e. The summed E-state index contributed by atoms with van der Waals surface area (Å²) in [5.74, 6) is 1.96. The molecule has 1 aliphatic heterocycles. The van der Waals surface area contributed by atoms with E-state index in [4.69, 9.17) is 4.52 Å². The van der Waals surface area contributed by atoms with Crippen molar-refractivity contribution in [2.45, 2.75) is 71.1 Å². The van der Waals surface area contributed by atoms with Crippen molar-refractivity contribution in [1.29, 1.82) is 0 Å². The largest absolute Gasteiger partial charge is 0.360 e. The van der Waals surface area contributed by atoms with Crippen LogP contribution in [-0.2, 0) is 13.1 Å². The van der Waals surface area contributed by atoms with Gasteiger partial charge in [0, 0.05) is 24.7 Å². The molecule has 1 saturated carbocycles. The lowest BCUT2D eigenvalue weighted by atomic mass is 9.92. The van der Waals surface area contributed by atoms with E-state index in [1.165, 1.54) is 38.6 Å². The van der Waals surface area contributed by atoms with E-state index in [9.17, 15) is 0 Å². The minimum absolute atomic E-state index is 0.483. The molecule has 0 aromatic carbocycles. The van der Waals surface area contributed by atoms with Crippen LogP contribution < -0.4 is 5.32 Å². The number of aromatic nitrogens is 1. The van der Waals surface area contributed by atoms with Gasteiger partial charge in [-0.15, -0.1) is 0 Å². The van der Waals surface area contributed by atoms with Gasteiger partial charge in [-0.25, -0.2) is 0 Å². The third-order valence-electron chi connectivity index (χ3n) is 4.77. The molecule has 1 aromatic heterocycles. The summed E-state index contributed by atoms with van der Waals surface area (Å²) in [6.07, 6.45) is 6.99. The third kappa shape index (κ3) is 3.23. The van der Waals surface area contributed by atoms with Crippen molar-refractivity contribution in [3.63, 3.8) is 0 Å². The third-order valence-corrected chi connectivity index (χ3v) is 4.77. The molecule has 20 heavy (non-hydrogen) atoms. The van der Waals surface area contributed by atoms with Crippen molar-refractivity contribution < 1.29 is 4.52 Å². The van der Waals surface area contributed by atoms with E-state index in [1.54, 1.807) is 0 Å². The monoisotopic (exact) mass is 277 g/mol. The van der Waals surface area contributed by atoms with E-state index >= 15 is 0 Å². The van der Waals surface area contributed by atoms with Gasteiger partial charge in [-0.2, -0.15) is 0 Å². The lowest BCUT2D eigenvalue weighted by Gasteiger charge is -2.37. The number of hydrogen-bond acceptors (Lipinski definition) is 4. The fourth-order valence-electron chi connectivity index (χ4n) is 3.78. The van der Waals surface area contributed by atoms with E-state index in [0.717, 1.165) is 36.5 Å². The highest BCUT2D eigenvalue weighted by molar-refractivity contribution is 5.06. The Morgan fingerprint density at radius 2 is 2.20 bits per heavy atom. The van der Waals surface area contributed by atoms with Crippen molar-refractivity contribution in [3.8, 4) is 0 Å². The van der Waals surface area contributed by atoms with Gasteiger partial charge in [0.1, 0.15) is 0 Å². The first kappa shape index (κ1) is 14.1. The van der Waals surface area contributed by atoms with Crippen LogP contribution in [0.3, 0.4) is 0 Å². The van der Waals surface area contributed by atoms with Gasteiger partial charge >= 0.3 is 0 Å². The quantitative estimate of drug-likeness (QED) is 0.898. The van der Waals surface area contributed by atoms with Crippen LogP contribution in [0.1, 0.15) is 57.4 Å². The molecule has 0 radical (unpaired) electrons. The standard InChI is InChI=1S/C16H27N3O/c1-12(2)17-10-14-9-15(20-18-14)11-19-8-4-6-13-5-3-7-16(13)19/h9,12-13,16-17H,3-8,10-11H2,1-2H3. The van der Waals surface area contributed by atoms with Gasteiger partial charge in [0.05, 0.1) is 12.2 Å². The van der Waals surface area contributed by atoms with Crippen LogP contribution in [0, 0.1) is 5.92 Å². The summed E-state index contributed by atoms with van der Waals surface area (Å²) < 4.78 is 5.52. The molecule has 0 amide bonds. The van der Waals surface area contributed by atoms with Crippen molar-refractivity contribution in [1.82, 2.24) is 15.4 Å². The number of hydrogen-bond donors (Lipinski definition) is 1. The smallest absolute Gasteiger partial charge is 0.151 e. The Morgan fingerprint density at radius 3 is 3.05 bits per heavy atom. The van der Waals surface area contributed by atoms with Gasteiger partial charge in [-0.1, -0.05) is 25.4 Å². The molecule has 1 aromatic rings. The summed E-state index contributed by atoms with van der Waals surface area (Å²) >= 11 is 0. The molecule has 1 saturated heterocycles. The Bertz CT molecular complexity index is 429. The second-order valence-corrected chi connectivity index (χ2v) is 6.69. The molecule has 1 aliphatic carbocycles. The Morgan fingerprint density at radius 1 is 1.35 bits per heavy atom. The Labute approximate surface area is 121 Å². The number of fused-ring (bicyclic) bond motifs is 1. The summed E-state index contributed by atoms with van der Waals surface area (Å²) in [7, 11) is 0. The van der Waals surface area contributed by atoms with Crippen LogP contribution in [0.15, 0.2) is 10.6 Å². The molecule has 0 bridgehead atoms. The van der Waals surface area contributed by atoms with Crippen LogP contribution >= 0.6 is 0 Å². The first-order valence-electron chi connectivity index (χ1n) is 8.14. The second kappa shape index (κ2) is 6.27. The maximum absolute atomic E-state index is 5.52. The predicted molar refractivity (Wildman–Crippen MR) is 79.3 cm³/mol. The van der Waals surface area contributed by atoms with Crippen molar-refractivity contribution in [2.75, 3.05) is 6.54 Å². The van der Waals surface area contributed by atoms with Crippen LogP contribution in [0.4, 0.5) is 0 Å². The van der Waals surface area contributed by atoms with E-state index in [1.807, 2.05) is 0 Å². The Kier molecular flexibility index (Phi) is 4.41. The molecule has 1 N–H and O–H groups in total. The normalized spacial score (nSPS) is 27.1. The first-order valence-corrected chi connectivity index (χ1v) is 8.14. The number of rotatable bonds is 5. The van der Waals surface area contributed by atoms with Gasteiger partial charge in [0.2, 0.25) is 0 Å². The molecule has 2 aliphatic rings. The van der Waals surface area contributed by atoms with Gasteiger partial charge in [-0.3, -0.25) is 4.90 Å². The summed E-state index contributed by atoms with van der Waals surface area (Å²) in [5.41, 5.74) is 1.02. The number of piperidine rings is 1. The average molecular weight is 277 g/mol. The van der Waals surface area contributed by atoms with Crippen LogP contribution in [0.25, 0.3) is 0 Å². The molecular formula is C16H27N3O. The predicted octanol–water partition coefficient (Wildman–Crippen LogP) is 2.94. The maximum atomic E-state index is 5.52. The molecule has 2 atom stereocenters.